The molecule has 0 saturated heterocycles. The van der Waals surface area contributed by atoms with Gasteiger partial charge in [0, 0.05) is 12.1 Å². The lowest BCUT2D eigenvalue weighted by molar-refractivity contribution is 0.172. The molecule has 0 fully saturated rings. The fourth-order valence-electron chi connectivity index (χ4n) is 1.32. The third-order valence-electron chi connectivity index (χ3n) is 2.04. The van der Waals surface area contributed by atoms with E-state index in [0.717, 1.165) is 0 Å². The van der Waals surface area contributed by atoms with Crippen molar-refractivity contribution < 1.29 is 14.2 Å². The first kappa shape index (κ1) is 12.4. The lowest BCUT2D eigenvalue weighted by atomic mass is 10.1. The minimum Gasteiger partial charge on any atom is -0.493 e. The van der Waals surface area contributed by atoms with Gasteiger partial charge in [0.2, 0.25) is 0 Å². The van der Waals surface area contributed by atoms with E-state index in [1.165, 1.54) is 7.11 Å². The number of hydrogen-bond acceptors (Lipinski definition) is 3. The summed E-state index contributed by atoms with van der Waals surface area (Å²) in [6.45, 7) is 0.345. The van der Waals surface area contributed by atoms with Gasteiger partial charge in [-0.3, -0.25) is 0 Å². The van der Waals surface area contributed by atoms with E-state index in [1.54, 1.807) is 19.2 Å². The van der Waals surface area contributed by atoms with Gasteiger partial charge >= 0.3 is 0 Å². The predicted octanol–water partition coefficient (Wildman–Crippen LogP) is 1.85. The van der Waals surface area contributed by atoms with Crippen molar-refractivity contribution in [3.63, 3.8) is 0 Å². The summed E-state index contributed by atoms with van der Waals surface area (Å²) in [7, 11) is 3.09. The molecule has 1 atom stereocenters. The molecule has 1 aromatic carbocycles. The number of methoxy groups -OCH3 is 1. The van der Waals surface area contributed by atoms with Crippen molar-refractivity contribution >= 4 is 15.9 Å². The molecule has 0 spiro atoms. The van der Waals surface area contributed by atoms with E-state index in [4.69, 9.17) is 4.74 Å². The third-order valence-corrected chi connectivity index (χ3v) is 2.65. The van der Waals surface area contributed by atoms with Crippen LogP contribution in [-0.4, -0.2) is 25.8 Å². The molecular weight excluding hydrogens is 265 g/mol. The molecule has 15 heavy (non-hydrogen) atoms. The van der Waals surface area contributed by atoms with Gasteiger partial charge in [0.05, 0.1) is 17.7 Å². The molecule has 0 radical (unpaired) electrons. The summed E-state index contributed by atoms with van der Waals surface area (Å²) >= 11 is 3.06. The average molecular weight is 278 g/mol. The number of ether oxygens (including phenoxy) is 1. The molecular formula is C10H13BrFNO2. The Labute approximate surface area is 96.4 Å². The van der Waals surface area contributed by atoms with Crippen molar-refractivity contribution in [3.05, 3.63) is 28.0 Å². The molecule has 2 N–H and O–H groups in total. The highest BCUT2D eigenvalue weighted by molar-refractivity contribution is 9.10. The minimum absolute atomic E-state index is 0.0760. The van der Waals surface area contributed by atoms with Gasteiger partial charge in [0.15, 0.2) is 11.6 Å². The number of rotatable bonds is 4. The zero-order chi connectivity index (χ0) is 11.4. The molecule has 5 heteroatoms. The topological polar surface area (TPSA) is 41.5 Å². The Morgan fingerprint density at radius 1 is 1.60 bits per heavy atom. The number of aliphatic hydroxyl groups is 1. The first-order valence-electron chi connectivity index (χ1n) is 4.46. The van der Waals surface area contributed by atoms with Gasteiger partial charge in [-0.15, -0.1) is 0 Å². The number of halogens is 2. The number of benzene rings is 1. The SMILES string of the molecule is CNCC(O)c1ccc(Br)c(F)c1OC. The second-order valence-electron chi connectivity index (χ2n) is 3.06. The van der Waals surface area contributed by atoms with Crippen LogP contribution in [0.4, 0.5) is 4.39 Å². The van der Waals surface area contributed by atoms with Gasteiger partial charge in [0.1, 0.15) is 0 Å². The molecule has 0 saturated carbocycles. The zero-order valence-corrected chi connectivity index (χ0v) is 10.1. The molecule has 84 valence electrons. The van der Waals surface area contributed by atoms with Gasteiger partial charge < -0.3 is 15.2 Å². The molecule has 3 nitrogen and oxygen atoms in total. The highest BCUT2D eigenvalue weighted by Gasteiger charge is 2.18. The fourth-order valence-corrected chi connectivity index (χ4v) is 1.63. The van der Waals surface area contributed by atoms with Crippen molar-refractivity contribution in [2.24, 2.45) is 0 Å². The third kappa shape index (κ3) is 2.68. The smallest absolute Gasteiger partial charge is 0.179 e. The van der Waals surface area contributed by atoms with E-state index in [1.807, 2.05) is 0 Å². The highest BCUT2D eigenvalue weighted by Crippen LogP contribution is 2.32. The second kappa shape index (κ2) is 5.44. The molecule has 0 aliphatic carbocycles. The number of hydrogen-bond donors (Lipinski definition) is 2. The van der Waals surface area contributed by atoms with Gasteiger partial charge in [-0.2, -0.15) is 0 Å². The van der Waals surface area contributed by atoms with Gasteiger partial charge in [-0.25, -0.2) is 4.39 Å². The van der Waals surface area contributed by atoms with Crippen molar-refractivity contribution in [1.29, 1.82) is 0 Å². The maximum Gasteiger partial charge on any atom is 0.179 e. The van der Waals surface area contributed by atoms with E-state index >= 15 is 0 Å². The molecule has 1 unspecified atom stereocenters. The van der Waals surface area contributed by atoms with Crippen molar-refractivity contribution in [2.45, 2.75) is 6.10 Å². The molecule has 0 amide bonds. The quantitative estimate of drug-likeness (QED) is 0.883. The Morgan fingerprint density at radius 2 is 2.27 bits per heavy atom. The van der Waals surface area contributed by atoms with E-state index < -0.39 is 11.9 Å². The standard InChI is InChI=1S/C10H13BrFNO2/c1-13-5-8(14)6-3-4-7(11)9(12)10(6)15-2/h3-4,8,13-14H,5H2,1-2H3. The van der Waals surface area contributed by atoms with Crippen LogP contribution in [0.25, 0.3) is 0 Å². The predicted molar refractivity (Wildman–Crippen MR) is 59.5 cm³/mol. The largest absolute Gasteiger partial charge is 0.493 e. The highest BCUT2D eigenvalue weighted by atomic mass is 79.9. The normalized spacial score (nSPS) is 12.6. The lowest BCUT2D eigenvalue weighted by Crippen LogP contribution is -2.17. The van der Waals surface area contributed by atoms with Crippen LogP contribution in [0.5, 0.6) is 5.75 Å². The van der Waals surface area contributed by atoms with Crippen LogP contribution in [0.1, 0.15) is 11.7 Å². The summed E-state index contributed by atoms with van der Waals surface area (Å²) in [6.07, 6.45) is -0.785. The summed E-state index contributed by atoms with van der Waals surface area (Å²) in [5.74, 6) is -0.419. The monoisotopic (exact) mass is 277 g/mol. The molecule has 1 aromatic rings. The number of nitrogens with one attached hydrogen (secondary N) is 1. The number of aliphatic hydroxyl groups excluding tert-OH is 1. The first-order chi connectivity index (χ1) is 7.11. The van der Waals surface area contributed by atoms with Gasteiger partial charge in [-0.1, -0.05) is 6.07 Å². The summed E-state index contributed by atoms with van der Waals surface area (Å²) in [5.41, 5.74) is 0.438. The number of likely N-dealkylation sites (N-methyl/N-ethyl adjacent to an activating group) is 1. The fraction of sp³-hybridized carbons (Fsp3) is 0.400. The second-order valence-corrected chi connectivity index (χ2v) is 3.91. The van der Waals surface area contributed by atoms with Crippen LogP contribution in [0.15, 0.2) is 16.6 Å². The molecule has 0 aliphatic rings. The maximum atomic E-state index is 13.6. The molecule has 0 aromatic heterocycles. The molecule has 1 rings (SSSR count). The summed E-state index contributed by atoms with van der Waals surface area (Å²) < 4.78 is 18.8. The Morgan fingerprint density at radius 3 is 2.80 bits per heavy atom. The van der Waals surface area contributed by atoms with Crippen molar-refractivity contribution in [3.8, 4) is 5.75 Å². The summed E-state index contributed by atoms with van der Waals surface area (Å²) in [5, 5.41) is 12.5. The van der Waals surface area contributed by atoms with E-state index in [0.29, 0.717) is 16.6 Å². The lowest BCUT2D eigenvalue weighted by Gasteiger charge is -2.15. The van der Waals surface area contributed by atoms with Crippen LogP contribution in [0.3, 0.4) is 0 Å². The minimum atomic E-state index is -0.785. The first-order valence-corrected chi connectivity index (χ1v) is 5.25. The Kier molecular flexibility index (Phi) is 4.50. The van der Waals surface area contributed by atoms with Crippen LogP contribution >= 0.6 is 15.9 Å². The van der Waals surface area contributed by atoms with Gasteiger partial charge in [-0.05, 0) is 29.0 Å². The van der Waals surface area contributed by atoms with E-state index in [9.17, 15) is 9.50 Å². The average Bonchev–Trinajstić information content (AvgIpc) is 2.22. The van der Waals surface area contributed by atoms with Crippen molar-refractivity contribution in [1.82, 2.24) is 5.32 Å². The Hall–Kier alpha value is -0.650. The van der Waals surface area contributed by atoms with Gasteiger partial charge in [0.25, 0.3) is 0 Å². The van der Waals surface area contributed by atoms with Crippen LogP contribution in [-0.2, 0) is 0 Å². The molecule has 0 bridgehead atoms. The molecule has 0 aliphatic heterocycles. The Balaban J connectivity index is 3.12. The van der Waals surface area contributed by atoms with Crippen molar-refractivity contribution in [2.75, 3.05) is 20.7 Å². The molecule has 0 heterocycles. The zero-order valence-electron chi connectivity index (χ0n) is 8.55. The van der Waals surface area contributed by atoms with E-state index in [-0.39, 0.29) is 5.75 Å². The van der Waals surface area contributed by atoms with Crippen LogP contribution in [0, 0.1) is 5.82 Å². The van der Waals surface area contributed by atoms with E-state index in [2.05, 4.69) is 21.2 Å². The van der Waals surface area contributed by atoms with Crippen LogP contribution in [0.2, 0.25) is 0 Å². The maximum absolute atomic E-state index is 13.6. The summed E-state index contributed by atoms with van der Waals surface area (Å²) in [6, 6.07) is 3.18. The summed E-state index contributed by atoms with van der Waals surface area (Å²) in [4.78, 5) is 0. The van der Waals surface area contributed by atoms with Crippen LogP contribution < -0.4 is 10.1 Å². The Bertz CT molecular complexity index is 346.